The number of esters is 1. The number of likely N-dealkylation sites (tertiary alicyclic amines) is 1. The van der Waals surface area contributed by atoms with E-state index in [9.17, 15) is 15.0 Å². The molecule has 1 spiro atoms. The van der Waals surface area contributed by atoms with Gasteiger partial charge >= 0.3 is 5.97 Å². The highest BCUT2D eigenvalue weighted by atomic mass is 16.6. The highest BCUT2D eigenvalue weighted by Gasteiger charge is 2.85. The second-order valence-corrected chi connectivity index (χ2v) is 13.6. The van der Waals surface area contributed by atoms with Crippen molar-refractivity contribution in [3.63, 3.8) is 0 Å². The van der Waals surface area contributed by atoms with Crippen molar-refractivity contribution in [3.8, 4) is 5.75 Å². The molecule has 1 aromatic rings. The van der Waals surface area contributed by atoms with Gasteiger partial charge in [0.1, 0.15) is 23.6 Å². The molecule has 7 bridgehead atoms. The third-order valence-corrected chi connectivity index (χ3v) is 12.5. The molecule has 1 heterocycles. The number of aliphatic hydroxyl groups is 2. The van der Waals surface area contributed by atoms with Gasteiger partial charge in [0.15, 0.2) is 0 Å². The van der Waals surface area contributed by atoms with Gasteiger partial charge in [-0.25, -0.2) is 4.79 Å². The molecule has 43 heavy (non-hydrogen) atoms. The first-order valence-corrected chi connectivity index (χ1v) is 15.5. The summed E-state index contributed by atoms with van der Waals surface area (Å²) in [6.07, 6.45) is 0.317. The smallest absolute Gasteiger partial charge is 0.338 e. The number of benzene rings is 1. The lowest BCUT2D eigenvalue weighted by Gasteiger charge is -2.68. The molecule has 6 aliphatic rings. The fourth-order valence-corrected chi connectivity index (χ4v) is 11.3. The Labute approximate surface area is 253 Å². The van der Waals surface area contributed by atoms with Crippen LogP contribution in [0.2, 0.25) is 0 Å². The number of carbonyl (C=O) groups is 1. The molecular weight excluding hydrogens is 554 g/mol. The average Bonchev–Trinajstić information content (AvgIpc) is 3.36. The molecule has 0 amide bonds. The molecule has 2 N–H and O–H groups in total. The molecule has 1 saturated heterocycles. The van der Waals surface area contributed by atoms with Crippen LogP contribution in [0.15, 0.2) is 35.9 Å². The van der Waals surface area contributed by atoms with Gasteiger partial charge < -0.3 is 38.6 Å². The van der Waals surface area contributed by atoms with Crippen LogP contribution >= 0.6 is 0 Å². The van der Waals surface area contributed by atoms with E-state index in [1.807, 2.05) is 0 Å². The maximum atomic E-state index is 13.7. The minimum Gasteiger partial charge on any atom is -0.497 e. The van der Waals surface area contributed by atoms with Gasteiger partial charge in [0, 0.05) is 76.0 Å². The van der Waals surface area contributed by atoms with E-state index in [-0.39, 0.29) is 41.9 Å². The summed E-state index contributed by atoms with van der Waals surface area (Å²) in [4.78, 5) is 16.2. The van der Waals surface area contributed by atoms with E-state index in [1.54, 1.807) is 59.8 Å². The number of carbonyl (C=O) groups excluding carboxylic acids is 1. The molecular formula is C33H45NO9. The third-order valence-electron chi connectivity index (χ3n) is 12.5. The summed E-state index contributed by atoms with van der Waals surface area (Å²) in [7, 11) is 8.38. The highest BCUT2D eigenvalue weighted by Crippen LogP contribution is 2.78. The summed E-state index contributed by atoms with van der Waals surface area (Å²) in [6, 6.07) is 6.88. The zero-order chi connectivity index (χ0) is 30.5. The van der Waals surface area contributed by atoms with Crippen LogP contribution in [-0.4, -0.2) is 118 Å². The second-order valence-electron chi connectivity index (χ2n) is 13.6. The van der Waals surface area contributed by atoms with E-state index in [1.165, 1.54) is 0 Å². The minimum atomic E-state index is -1.43. The van der Waals surface area contributed by atoms with Gasteiger partial charge in [-0.2, -0.15) is 0 Å². The molecule has 1 aromatic carbocycles. The fraction of sp³-hybridized carbons (Fsp3) is 0.727. The summed E-state index contributed by atoms with van der Waals surface area (Å²) in [6.45, 7) is 4.05. The largest absolute Gasteiger partial charge is 0.497 e. The van der Waals surface area contributed by atoms with E-state index < -0.39 is 40.7 Å². The van der Waals surface area contributed by atoms with Gasteiger partial charge in [0.25, 0.3) is 0 Å². The predicted molar refractivity (Wildman–Crippen MR) is 155 cm³/mol. The van der Waals surface area contributed by atoms with Crippen molar-refractivity contribution < 1.29 is 43.4 Å². The van der Waals surface area contributed by atoms with Crippen molar-refractivity contribution in [2.24, 2.45) is 34.5 Å². The zero-order valence-electron chi connectivity index (χ0n) is 25.9. The maximum absolute atomic E-state index is 13.7. The number of hydrogen-bond donors (Lipinski definition) is 2. The van der Waals surface area contributed by atoms with Crippen molar-refractivity contribution in [2.45, 2.75) is 61.9 Å². The zero-order valence-corrected chi connectivity index (χ0v) is 25.9. The van der Waals surface area contributed by atoms with Gasteiger partial charge in [-0.15, -0.1) is 0 Å². The van der Waals surface area contributed by atoms with Crippen molar-refractivity contribution >= 4 is 5.97 Å². The lowest BCUT2D eigenvalue weighted by Crippen LogP contribution is -2.76. The standard InChI is InChI=1S/C33H45NO9/c1-7-34-15-31(16-38-2)21(35)13-23(41-5)33-20-14-32(37)22(40-4)12-19(25(28(33)34)26(42-6)27(31)33)24(20)29(32)43-30(36)17-8-10-18(39-3)11-9-17/h8-12,20-29,35,37H,7,13-16H2,1-6H3/t20-,21-,22+,23+,24-,25+,26+,27-,28?,29-,31+,32+,33+/m1/s1. The molecule has 0 radical (unpaired) electrons. The summed E-state index contributed by atoms with van der Waals surface area (Å²) >= 11 is 0. The molecule has 10 heteroatoms. The van der Waals surface area contributed by atoms with Crippen molar-refractivity contribution in [3.05, 3.63) is 41.5 Å². The van der Waals surface area contributed by atoms with Gasteiger partial charge in [-0.3, -0.25) is 4.90 Å². The van der Waals surface area contributed by atoms with E-state index in [4.69, 9.17) is 28.4 Å². The van der Waals surface area contributed by atoms with Crippen LogP contribution in [0.3, 0.4) is 0 Å². The minimum absolute atomic E-state index is 0.0552. The summed E-state index contributed by atoms with van der Waals surface area (Å²) < 4.78 is 36.3. The van der Waals surface area contributed by atoms with Crippen molar-refractivity contribution in [1.29, 1.82) is 0 Å². The molecule has 5 aliphatic carbocycles. The number of hydrogen-bond acceptors (Lipinski definition) is 10. The number of fused-ring (bicyclic) bond motifs is 2. The van der Waals surface area contributed by atoms with Crippen molar-refractivity contribution in [1.82, 2.24) is 4.90 Å². The van der Waals surface area contributed by atoms with Crippen LogP contribution in [0.1, 0.15) is 30.1 Å². The Balaban J connectivity index is 1.40. The maximum Gasteiger partial charge on any atom is 0.338 e. The molecule has 5 fully saturated rings. The van der Waals surface area contributed by atoms with Crippen LogP contribution < -0.4 is 4.74 Å². The first kappa shape index (κ1) is 29.6. The molecule has 10 nitrogen and oxygen atoms in total. The Bertz CT molecular complexity index is 1290. The number of nitrogens with zero attached hydrogens (tertiary/aromatic N) is 1. The number of piperidine rings is 1. The van der Waals surface area contributed by atoms with Gasteiger partial charge in [-0.1, -0.05) is 18.6 Å². The molecule has 4 saturated carbocycles. The Morgan fingerprint density at radius 3 is 2.40 bits per heavy atom. The summed E-state index contributed by atoms with van der Waals surface area (Å²) in [5.41, 5.74) is -0.976. The Morgan fingerprint density at radius 1 is 1.05 bits per heavy atom. The first-order chi connectivity index (χ1) is 20.7. The first-order valence-electron chi connectivity index (χ1n) is 15.5. The molecule has 236 valence electrons. The van der Waals surface area contributed by atoms with Crippen LogP contribution in [0.25, 0.3) is 0 Å². The lowest BCUT2D eigenvalue weighted by atomic mass is 9.43. The number of methoxy groups -OCH3 is 5. The highest BCUT2D eigenvalue weighted by molar-refractivity contribution is 5.89. The number of aliphatic hydroxyl groups excluding tert-OH is 1. The van der Waals surface area contributed by atoms with E-state index in [0.717, 1.165) is 12.1 Å². The lowest BCUT2D eigenvalue weighted by molar-refractivity contribution is -0.275. The molecule has 1 unspecified atom stereocenters. The van der Waals surface area contributed by atoms with E-state index in [0.29, 0.717) is 37.3 Å². The van der Waals surface area contributed by atoms with Crippen LogP contribution in [0.4, 0.5) is 0 Å². The number of rotatable bonds is 9. The van der Waals surface area contributed by atoms with Gasteiger partial charge in [-0.05, 0) is 43.1 Å². The monoisotopic (exact) mass is 599 g/mol. The normalized spacial score (nSPS) is 47.3. The third kappa shape index (κ3) is 3.51. The van der Waals surface area contributed by atoms with Crippen LogP contribution in [-0.2, 0) is 23.7 Å². The Kier molecular flexibility index (Phi) is 7.06. The Hall–Kier alpha value is -2.05. The fourth-order valence-electron chi connectivity index (χ4n) is 11.3. The summed E-state index contributed by atoms with van der Waals surface area (Å²) in [5, 5.41) is 24.4. The number of ether oxygens (including phenoxy) is 6. The second kappa shape index (κ2) is 10.2. The van der Waals surface area contributed by atoms with E-state index >= 15 is 0 Å². The average molecular weight is 600 g/mol. The van der Waals surface area contributed by atoms with Gasteiger partial charge in [0.05, 0.1) is 37.6 Å². The Morgan fingerprint density at radius 2 is 1.79 bits per heavy atom. The molecule has 7 rings (SSSR count). The summed E-state index contributed by atoms with van der Waals surface area (Å²) in [5.74, 6) is -0.341. The molecule has 0 aromatic heterocycles. The quantitative estimate of drug-likeness (QED) is 0.322. The van der Waals surface area contributed by atoms with E-state index in [2.05, 4.69) is 17.9 Å². The predicted octanol–water partition coefficient (Wildman–Crippen LogP) is 1.92. The topological polar surface area (TPSA) is 116 Å². The molecule has 13 atom stereocenters. The van der Waals surface area contributed by atoms with Crippen LogP contribution in [0, 0.1) is 34.5 Å². The van der Waals surface area contributed by atoms with Crippen molar-refractivity contribution in [2.75, 3.05) is 55.2 Å². The van der Waals surface area contributed by atoms with Gasteiger partial charge in [0.2, 0.25) is 0 Å². The molecule has 1 aliphatic heterocycles. The SMILES string of the molecule is CCN1C[C@]2(COC)[C@H](O)C[C@H](OC)[C@@]34C1[C@@H](C1=C[C@H](OC)[C@@]5(O)C[C@@H]3[C@@H]1[C@H]5OC(=O)c1ccc(OC)cc1)[C@H](OC)[C@H]24. The van der Waals surface area contributed by atoms with Crippen LogP contribution in [0.5, 0.6) is 5.75 Å².